The van der Waals surface area contributed by atoms with Gasteiger partial charge >= 0.3 is 0 Å². The lowest BCUT2D eigenvalue weighted by Gasteiger charge is -2.18. The fourth-order valence-electron chi connectivity index (χ4n) is 1.68. The molecule has 2 atom stereocenters. The molecule has 0 fully saturated rings. The monoisotopic (exact) mass is 239 g/mol. The van der Waals surface area contributed by atoms with Crippen molar-refractivity contribution in [2.24, 2.45) is 7.05 Å². The summed E-state index contributed by atoms with van der Waals surface area (Å²) in [5.41, 5.74) is 2.04. The van der Waals surface area contributed by atoms with Gasteiger partial charge in [-0.1, -0.05) is 6.92 Å². The highest BCUT2D eigenvalue weighted by atomic mass is 16.5. The van der Waals surface area contributed by atoms with E-state index in [1.54, 1.807) is 0 Å². The number of aromatic nitrogens is 2. The lowest BCUT2D eigenvalue weighted by atomic mass is 10.2. The topological polar surface area (TPSA) is 39.1 Å². The van der Waals surface area contributed by atoms with Gasteiger partial charge in [0.2, 0.25) is 0 Å². The third-order valence-corrected chi connectivity index (χ3v) is 3.13. The van der Waals surface area contributed by atoms with Crippen molar-refractivity contribution in [2.45, 2.75) is 53.2 Å². The smallest absolute Gasteiger partial charge is 0.163 e. The summed E-state index contributed by atoms with van der Waals surface area (Å²) in [6.45, 7) is 11.3. The molecule has 1 heterocycles. The summed E-state index contributed by atoms with van der Waals surface area (Å²) in [7, 11) is 1.94. The Bertz CT molecular complexity index is 360. The van der Waals surface area contributed by atoms with Crippen molar-refractivity contribution in [2.75, 3.05) is 6.54 Å². The van der Waals surface area contributed by atoms with Gasteiger partial charge in [-0.2, -0.15) is 5.10 Å². The van der Waals surface area contributed by atoms with Gasteiger partial charge in [0.05, 0.1) is 5.69 Å². The van der Waals surface area contributed by atoms with Crippen LogP contribution in [0.25, 0.3) is 0 Å². The Morgan fingerprint density at radius 3 is 2.47 bits per heavy atom. The van der Waals surface area contributed by atoms with E-state index in [1.165, 1.54) is 0 Å². The fourth-order valence-corrected chi connectivity index (χ4v) is 1.68. The van der Waals surface area contributed by atoms with E-state index in [0.717, 1.165) is 30.1 Å². The Balaban J connectivity index is 2.53. The molecule has 0 saturated heterocycles. The van der Waals surface area contributed by atoms with Crippen LogP contribution in [0.5, 0.6) is 5.75 Å². The van der Waals surface area contributed by atoms with Crippen molar-refractivity contribution >= 4 is 0 Å². The van der Waals surface area contributed by atoms with Gasteiger partial charge in [0, 0.05) is 19.6 Å². The molecule has 1 aromatic heterocycles. The van der Waals surface area contributed by atoms with Gasteiger partial charge in [-0.15, -0.1) is 0 Å². The molecule has 0 saturated carbocycles. The van der Waals surface area contributed by atoms with Crippen molar-refractivity contribution in [3.05, 3.63) is 11.4 Å². The SMILES string of the molecule is CCC(C)NCC(C)Oc1c(C)nn(C)c1C. The predicted molar refractivity (Wildman–Crippen MR) is 70.5 cm³/mol. The third-order valence-electron chi connectivity index (χ3n) is 3.13. The Morgan fingerprint density at radius 1 is 1.35 bits per heavy atom. The van der Waals surface area contributed by atoms with Gasteiger partial charge in [-0.05, 0) is 34.1 Å². The Labute approximate surface area is 104 Å². The van der Waals surface area contributed by atoms with Crippen LogP contribution in [0.1, 0.15) is 38.6 Å². The molecule has 4 nitrogen and oxygen atoms in total. The molecule has 0 aliphatic heterocycles. The van der Waals surface area contributed by atoms with E-state index in [9.17, 15) is 0 Å². The van der Waals surface area contributed by atoms with E-state index in [4.69, 9.17) is 4.74 Å². The second-order valence-corrected chi connectivity index (χ2v) is 4.77. The van der Waals surface area contributed by atoms with Crippen LogP contribution in [0, 0.1) is 13.8 Å². The number of hydrogen-bond donors (Lipinski definition) is 1. The lowest BCUT2D eigenvalue weighted by molar-refractivity contribution is 0.209. The molecule has 17 heavy (non-hydrogen) atoms. The van der Waals surface area contributed by atoms with Crippen LogP contribution in [0.2, 0.25) is 0 Å². The molecule has 0 spiro atoms. The van der Waals surface area contributed by atoms with Gasteiger partial charge in [0.25, 0.3) is 0 Å². The standard InChI is InChI=1S/C13H25N3O/c1-7-9(2)14-8-10(3)17-13-11(4)15-16(6)12(13)5/h9-10,14H,7-8H2,1-6H3. The van der Waals surface area contributed by atoms with Crippen molar-refractivity contribution in [1.29, 1.82) is 0 Å². The maximum absolute atomic E-state index is 5.95. The van der Waals surface area contributed by atoms with E-state index in [2.05, 4.69) is 31.2 Å². The van der Waals surface area contributed by atoms with Crippen molar-refractivity contribution in [1.82, 2.24) is 15.1 Å². The zero-order chi connectivity index (χ0) is 13.0. The Kier molecular flexibility index (Phi) is 5.00. The highest BCUT2D eigenvalue weighted by Gasteiger charge is 2.14. The van der Waals surface area contributed by atoms with Crippen LogP contribution >= 0.6 is 0 Å². The maximum Gasteiger partial charge on any atom is 0.163 e. The Morgan fingerprint density at radius 2 is 2.00 bits per heavy atom. The molecule has 0 aromatic carbocycles. The molecule has 4 heteroatoms. The van der Waals surface area contributed by atoms with Gasteiger partial charge < -0.3 is 10.1 Å². The second-order valence-electron chi connectivity index (χ2n) is 4.77. The van der Waals surface area contributed by atoms with Crippen LogP contribution in [-0.4, -0.2) is 28.5 Å². The summed E-state index contributed by atoms with van der Waals surface area (Å²) >= 11 is 0. The lowest BCUT2D eigenvalue weighted by Crippen LogP contribution is -2.34. The van der Waals surface area contributed by atoms with Crippen LogP contribution in [0.4, 0.5) is 0 Å². The summed E-state index contributed by atoms with van der Waals surface area (Å²) in [5.74, 6) is 0.922. The van der Waals surface area contributed by atoms with Crippen LogP contribution in [0.3, 0.4) is 0 Å². The third kappa shape index (κ3) is 3.73. The highest BCUT2D eigenvalue weighted by Crippen LogP contribution is 2.22. The summed E-state index contributed by atoms with van der Waals surface area (Å²) in [6.07, 6.45) is 1.29. The number of hydrogen-bond acceptors (Lipinski definition) is 3. The quantitative estimate of drug-likeness (QED) is 0.827. The molecule has 1 N–H and O–H groups in total. The summed E-state index contributed by atoms with van der Waals surface area (Å²) < 4.78 is 7.81. The number of nitrogens with one attached hydrogen (secondary N) is 1. The number of nitrogens with zero attached hydrogens (tertiary/aromatic N) is 2. The summed E-state index contributed by atoms with van der Waals surface area (Å²) in [6, 6.07) is 0.539. The minimum Gasteiger partial charge on any atom is -0.486 e. The number of aryl methyl sites for hydroxylation is 2. The fraction of sp³-hybridized carbons (Fsp3) is 0.769. The van der Waals surface area contributed by atoms with Crippen molar-refractivity contribution in [3.63, 3.8) is 0 Å². The van der Waals surface area contributed by atoms with Gasteiger partial charge in [0.15, 0.2) is 5.75 Å². The number of ether oxygens (including phenoxy) is 1. The zero-order valence-electron chi connectivity index (χ0n) is 11.9. The van der Waals surface area contributed by atoms with E-state index >= 15 is 0 Å². The second kappa shape index (κ2) is 6.05. The average Bonchev–Trinajstić information content (AvgIpc) is 2.53. The van der Waals surface area contributed by atoms with Crippen LogP contribution in [0.15, 0.2) is 0 Å². The summed E-state index contributed by atoms with van der Waals surface area (Å²) in [5, 5.41) is 7.79. The highest BCUT2D eigenvalue weighted by molar-refractivity contribution is 5.31. The molecule has 2 unspecified atom stereocenters. The maximum atomic E-state index is 5.95. The van der Waals surface area contributed by atoms with Gasteiger partial charge in [-0.3, -0.25) is 4.68 Å². The first-order valence-corrected chi connectivity index (χ1v) is 6.35. The molecule has 0 bridgehead atoms. The molecule has 0 aliphatic carbocycles. The normalized spacial score (nSPS) is 14.7. The molecule has 1 rings (SSSR count). The minimum absolute atomic E-state index is 0.158. The van der Waals surface area contributed by atoms with E-state index in [-0.39, 0.29) is 6.10 Å². The molecule has 0 amide bonds. The number of rotatable bonds is 6. The van der Waals surface area contributed by atoms with Crippen molar-refractivity contribution < 1.29 is 4.74 Å². The van der Waals surface area contributed by atoms with Crippen LogP contribution < -0.4 is 10.1 Å². The minimum atomic E-state index is 0.158. The molecule has 0 aliphatic rings. The first-order chi connectivity index (χ1) is 7.95. The average molecular weight is 239 g/mol. The first-order valence-electron chi connectivity index (χ1n) is 6.35. The summed E-state index contributed by atoms with van der Waals surface area (Å²) in [4.78, 5) is 0. The van der Waals surface area contributed by atoms with Crippen LogP contribution in [-0.2, 0) is 7.05 Å². The molecular formula is C13H25N3O. The van der Waals surface area contributed by atoms with Gasteiger partial charge in [0.1, 0.15) is 11.8 Å². The van der Waals surface area contributed by atoms with Gasteiger partial charge in [-0.25, -0.2) is 0 Å². The predicted octanol–water partition coefficient (Wildman–Crippen LogP) is 2.19. The van der Waals surface area contributed by atoms with E-state index in [1.807, 2.05) is 25.6 Å². The molecule has 98 valence electrons. The molecular weight excluding hydrogens is 214 g/mol. The van der Waals surface area contributed by atoms with E-state index < -0.39 is 0 Å². The van der Waals surface area contributed by atoms with E-state index in [0.29, 0.717) is 6.04 Å². The Hall–Kier alpha value is -1.03. The molecule has 0 radical (unpaired) electrons. The first kappa shape index (κ1) is 14.0. The zero-order valence-corrected chi connectivity index (χ0v) is 11.9. The largest absolute Gasteiger partial charge is 0.486 e. The van der Waals surface area contributed by atoms with Crippen molar-refractivity contribution in [3.8, 4) is 5.75 Å². The molecule has 1 aromatic rings.